The van der Waals surface area contributed by atoms with Crippen molar-refractivity contribution >= 4 is 29.0 Å². The zero-order valence-electron chi connectivity index (χ0n) is 11.2. The third-order valence-corrected chi connectivity index (χ3v) is 4.47. The van der Waals surface area contributed by atoms with Gasteiger partial charge in [-0.15, -0.1) is 0 Å². The van der Waals surface area contributed by atoms with Crippen LogP contribution in [0.1, 0.15) is 16.8 Å². The van der Waals surface area contributed by atoms with Crippen LogP contribution in [0.15, 0.2) is 48.8 Å². The fourth-order valence-electron chi connectivity index (χ4n) is 2.12. The molecule has 0 spiro atoms. The number of thioether (sulfide) groups is 1. The minimum Gasteiger partial charge on any atom is -0.305 e. The van der Waals surface area contributed by atoms with Gasteiger partial charge in [0.2, 0.25) is 0 Å². The summed E-state index contributed by atoms with van der Waals surface area (Å²) in [6, 6.07) is 12.3. The fraction of sp³-hybridized carbons (Fsp3) is 0.188. The van der Waals surface area contributed by atoms with E-state index in [9.17, 15) is 0 Å². The van der Waals surface area contributed by atoms with Crippen molar-refractivity contribution in [2.75, 3.05) is 0 Å². The molecule has 102 valence electrons. The Kier molecular flexibility index (Phi) is 3.99. The molecular formula is C16H15ClN2S. The minimum absolute atomic E-state index is 0.731. The molecule has 20 heavy (non-hydrogen) atoms. The van der Waals surface area contributed by atoms with Crippen LogP contribution >= 0.6 is 23.4 Å². The third-order valence-electron chi connectivity index (χ3n) is 3.23. The number of aromatic nitrogens is 2. The third kappa shape index (κ3) is 3.00. The molecule has 0 saturated carbocycles. The topological polar surface area (TPSA) is 17.3 Å². The molecule has 2 heterocycles. The van der Waals surface area contributed by atoms with Crippen LogP contribution in [0.25, 0.3) is 5.65 Å². The SMILES string of the molecule is Cc1ccccc1CSCc1cn2cc(Cl)ccc2n1. The second-order valence-electron chi connectivity index (χ2n) is 4.76. The number of benzene rings is 1. The van der Waals surface area contributed by atoms with Crippen LogP contribution in [-0.4, -0.2) is 9.38 Å². The summed E-state index contributed by atoms with van der Waals surface area (Å²) in [7, 11) is 0. The molecule has 1 aromatic carbocycles. The molecule has 0 amide bonds. The minimum atomic E-state index is 0.731. The molecule has 0 bridgehead atoms. The van der Waals surface area contributed by atoms with Gasteiger partial charge in [0.05, 0.1) is 10.7 Å². The molecule has 0 saturated heterocycles. The predicted molar refractivity (Wildman–Crippen MR) is 86.4 cm³/mol. The van der Waals surface area contributed by atoms with Gasteiger partial charge in [0.15, 0.2) is 0 Å². The number of hydrogen-bond donors (Lipinski definition) is 0. The fourth-order valence-corrected chi connectivity index (χ4v) is 3.29. The second kappa shape index (κ2) is 5.90. The first kappa shape index (κ1) is 13.5. The van der Waals surface area contributed by atoms with Crippen LogP contribution in [-0.2, 0) is 11.5 Å². The van der Waals surface area contributed by atoms with E-state index in [4.69, 9.17) is 11.6 Å². The van der Waals surface area contributed by atoms with Crippen molar-refractivity contribution < 1.29 is 0 Å². The lowest BCUT2D eigenvalue weighted by Crippen LogP contribution is -1.87. The molecular weight excluding hydrogens is 288 g/mol. The Hall–Kier alpha value is -1.45. The molecule has 2 aromatic heterocycles. The number of rotatable bonds is 4. The largest absolute Gasteiger partial charge is 0.305 e. The van der Waals surface area contributed by atoms with E-state index in [2.05, 4.69) is 36.2 Å². The van der Waals surface area contributed by atoms with Gasteiger partial charge in [-0.05, 0) is 30.2 Å². The first-order chi connectivity index (χ1) is 9.72. The monoisotopic (exact) mass is 302 g/mol. The van der Waals surface area contributed by atoms with E-state index < -0.39 is 0 Å². The highest BCUT2D eigenvalue weighted by molar-refractivity contribution is 7.97. The maximum absolute atomic E-state index is 5.98. The summed E-state index contributed by atoms with van der Waals surface area (Å²) in [6.07, 6.45) is 3.94. The quantitative estimate of drug-likeness (QED) is 0.693. The molecule has 3 aromatic rings. The van der Waals surface area contributed by atoms with Crippen molar-refractivity contribution in [1.82, 2.24) is 9.38 Å². The molecule has 0 fully saturated rings. The molecule has 4 heteroatoms. The Morgan fingerprint density at radius 3 is 2.80 bits per heavy atom. The van der Waals surface area contributed by atoms with Crippen LogP contribution < -0.4 is 0 Å². The van der Waals surface area contributed by atoms with E-state index >= 15 is 0 Å². The van der Waals surface area contributed by atoms with Crippen LogP contribution in [0.3, 0.4) is 0 Å². The number of hydrogen-bond acceptors (Lipinski definition) is 2. The van der Waals surface area contributed by atoms with Gasteiger partial charge < -0.3 is 4.40 Å². The van der Waals surface area contributed by atoms with Crippen molar-refractivity contribution in [3.8, 4) is 0 Å². The molecule has 0 atom stereocenters. The van der Waals surface area contributed by atoms with E-state index in [1.54, 1.807) is 0 Å². The zero-order chi connectivity index (χ0) is 13.9. The average molecular weight is 303 g/mol. The normalized spacial score (nSPS) is 11.1. The molecule has 2 nitrogen and oxygen atoms in total. The van der Waals surface area contributed by atoms with Gasteiger partial charge in [-0.1, -0.05) is 35.9 Å². The Labute approximate surface area is 127 Å². The summed E-state index contributed by atoms with van der Waals surface area (Å²) in [5.74, 6) is 1.93. The number of pyridine rings is 1. The van der Waals surface area contributed by atoms with Crippen molar-refractivity contribution in [2.45, 2.75) is 18.4 Å². The van der Waals surface area contributed by atoms with Gasteiger partial charge in [0.25, 0.3) is 0 Å². The number of aryl methyl sites for hydroxylation is 1. The zero-order valence-corrected chi connectivity index (χ0v) is 12.8. The van der Waals surface area contributed by atoms with E-state index in [1.807, 2.05) is 40.7 Å². The van der Waals surface area contributed by atoms with Crippen molar-refractivity contribution in [2.24, 2.45) is 0 Å². The summed E-state index contributed by atoms with van der Waals surface area (Å²) in [5.41, 5.74) is 4.78. The first-order valence-corrected chi connectivity index (χ1v) is 8.01. The van der Waals surface area contributed by atoms with Crippen molar-refractivity contribution in [3.63, 3.8) is 0 Å². The van der Waals surface area contributed by atoms with Gasteiger partial charge in [-0.3, -0.25) is 0 Å². The highest BCUT2D eigenvalue weighted by Crippen LogP contribution is 2.20. The number of imidazole rings is 1. The van der Waals surface area contributed by atoms with Gasteiger partial charge in [0.1, 0.15) is 5.65 Å². The molecule has 0 aliphatic rings. The predicted octanol–water partition coefficient (Wildman–Crippen LogP) is 4.73. The lowest BCUT2D eigenvalue weighted by atomic mass is 10.1. The second-order valence-corrected chi connectivity index (χ2v) is 6.19. The van der Waals surface area contributed by atoms with Crippen LogP contribution in [0.2, 0.25) is 5.02 Å². The van der Waals surface area contributed by atoms with Gasteiger partial charge in [0, 0.05) is 23.9 Å². The summed E-state index contributed by atoms with van der Waals surface area (Å²) >= 11 is 7.86. The Bertz CT molecular complexity index is 736. The molecule has 0 N–H and O–H groups in total. The standard InChI is InChI=1S/C16H15ClN2S/c1-12-4-2-3-5-13(12)10-20-11-15-9-19-8-14(17)6-7-16(19)18-15/h2-9H,10-11H2,1H3. The highest BCUT2D eigenvalue weighted by atomic mass is 35.5. The van der Waals surface area contributed by atoms with Gasteiger partial charge >= 0.3 is 0 Å². The molecule has 0 aliphatic heterocycles. The Morgan fingerprint density at radius 2 is 1.95 bits per heavy atom. The summed E-state index contributed by atoms with van der Waals surface area (Å²) in [6.45, 7) is 2.16. The molecule has 0 radical (unpaired) electrons. The first-order valence-electron chi connectivity index (χ1n) is 6.48. The molecule has 3 rings (SSSR count). The maximum atomic E-state index is 5.98. The van der Waals surface area contributed by atoms with E-state index in [0.29, 0.717) is 0 Å². The summed E-state index contributed by atoms with van der Waals surface area (Å²) in [4.78, 5) is 4.59. The van der Waals surface area contributed by atoms with Crippen LogP contribution in [0.5, 0.6) is 0 Å². The number of halogens is 1. The molecule has 0 aliphatic carbocycles. The molecule has 0 unspecified atom stereocenters. The highest BCUT2D eigenvalue weighted by Gasteiger charge is 2.03. The van der Waals surface area contributed by atoms with E-state index in [-0.39, 0.29) is 0 Å². The van der Waals surface area contributed by atoms with Crippen LogP contribution in [0, 0.1) is 6.92 Å². The lowest BCUT2D eigenvalue weighted by molar-refractivity contribution is 1.18. The Balaban J connectivity index is 1.67. The summed E-state index contributed by atoms with van der Waals surface area (Å²) in [5, 5.41) is 0.731. The van der Waals surface area contributed by atoms with Crippen LogP contribution in [0.4, 0.5) is 0 Å². The summed E-state index contributed by atoms with van der Waals surface area (Å²) < 4.78 is 1.98. The maximum Gasteiger partial charge on any atom is 0.137 e. The smallest absolute Gasteiger partial charge is 0.137 e. The van der Waals surface area contributed by atoms with E-state index in [0.717, 1.165) is 27.9 Å². The van der Waals surface area contributed by atoms with Crippen molar-refractivity contribution in [1.29, 1.82) is 0 Å². The van der Waals surface area contributed by atoms with Gasteiger partial charge in [-0.2, -0.15) is 11.8 Å². The Morgan fingerprint density at radius 1 is 1.10 bits per heavy atom. The lowest BCUT2D eigenvalue weighted by Gasteiger charge is -2.03. The average Bonchev–Trinajstić information content (AvgIpc) is 2.83. The number of nitrogens with zero attached hydrogens (tertiary/aromatic N) is 2. The number of fused-ring (bicyclic) bond motifs is 1. The van der Waals surface area contributed by atoms with Gasteiger partial charge in [-0.25, -0.2) is 4.98 Å². The van der Waals surface area contributed by atoms with Crippen molar-refractivity contribution in [3.05, 3.63) is 70.6 Å². The van der Waals surface area contributed by atoms with E-state index in [1.165, 1.54) is 11.1 Å².